The minimum atomic E-state index is -0.524. The Morgan fingerprint density at radius 1 is 1.05 bits per heavy atom. The number of hydrogen-bond acceptors (Lipinski definition) is 8. The largest absolute Gasteiger partial charge is 0.493 e. The second-order valence-corrected chi connectivity index (χ2v) is 8.39. The Labute approximate surface area is 215 Å². The van der Waals surface area contributed by atoms with Crippen molar-refractivity contribution in [3.63, 3.8) is 0 Å². The number of furan rings is 1. The van der Waals surface area contributed by atoms with Gasteiger partial charge >= 0.3 is 5.97 Å². The zero-order chi connectivity index (χ0) is 26.1. The Hall–Kier alpha value is -4.63. The van der Waals surface area contributed by atoms with Crippen molar-refractivity contribution in [1.82, 2.24) is 9.66 Å². The number of para-hydroxylation sites is 1. The van der Waals surface area contributed by atoms with E-state index in [0.29, 0.717) is 32.8 Å². The molecule has 0 radical (unpaired) electrons. The van der Waals surface area contributed by atoms with Crippen LogP contribution in [0.3, 0.4) is 0 Å². The summed E-state index contributed by atoms with van der Waals surface area (Å²) in [5, 5.41) is 6.15. The number of nitrogens with zero attached hydrogens (tertiary/aromatic N) is 3. The van der Waals surface area contributed by atoms with Crippen LogP contribution in [-0.2, 0) is 4.79 Å². The summed E-state index contributed by atoms with van der Waals surface area (Å²) in [4.78, 5) is 29.7. The van der Waals surface area contributed by atoms with Crippen LogP contribution in [0.25, 0.3) is 33.5 Å². The average molecular weight is 518 g/mol. The minimum Gasteiger partial charge on any atom is -0.493 e. The molecule has 0 saturated carbocycles. The van der Waals surface area contributed by atoms with Crippen LogP contribution in [0.15, 0.2) is 75.0 Å². The lowest BCUT2D eigenvalue weighted by molar-refractivity contribution is -0.132. The molecule has 0 fully saturated rings. The topological polar surface area (TPSA) is 105 Å². The average Bonchev–Trinajstić information content (AvgIpc) is 3.31. The van der Waals surface area contributed by atoms with Gasteiger partial charge in [-0.2, -0.15) is 9.78 Å². The predicted octanol–water partition coefficient (Wildman–Crippen LogP) is 5.29. The number of esters is 1. The molecular weight excluding hydrogens is 498 g/mol. The molecule has 0 N–H and O–H groups in total. The van der Waals surface area contributed by atoms with E-state index < -0.39 is 5.97 Å². The van der Waals surface area contributed by atoms with E-state index in [2.05, 4.69) is 10.1 Å². The van der Waals surface area contributed by atoms with Gasteiger partial charge in [-0.15, -0.1) is 0 Å². The molecule has 2 aromatic heterocycles. The molecule has 3 aromatic carbocycles. The van der Waals surface area contributed by atoms with Crippen molar-refractivity contribution in [1.29, 1.82) is 0 Å². The van der Waals surface area contributed by atoms with Crippen molar-refractivity contribution >= 4 is 45.7 Å². The summed E-state index contributed by atoms with van der Waals surface area (Å²) in [6, 6.07) is 17.2. The van der Waals surface area contributed by atoms with E-state index in [-0.39, 0.29) is 28.6 Å². The summed E-state index contributed by atoms with van der Waals surface area (Å²) < 4.78 is 23.1. The van der Waals surface area contributed by atoms with Crippen LogP contribution >= 0.6 is 11.6 Å². The Morgan fingerprint density at radius 3 is 2.49 bits per heavy atom. The molecule has 2 heterocycles. The first-order valence-corrected chi connectivity index (χ1v) is 11.5. The van der Waals surface area contributed by atoms with Gasteiger partial charge in [-0.25, -0.2) is 4.98 Å². The third kappa shape index (κ3) is 4.64. The van der Waals surface area contributed by atoms with Gasteiger partial charge in [-0.1, -0.05) is 23.7 Å². The number of benzene rings is 3. The van der Waals surface area contributed by atoms with E-state index in [1.165, 1.54) is 32.0 Å². The second kappa shape index (κ2) is 9.79. The van der Waals surface area contributed by atoms with Gasteiger partial charge in [0, 0.05) is 22.9 Å². The zero-order valence-corrected chi connectivity index (χ0v) is 20.8. The number of aromatic nitrogens is 2. The molecule has 5 aromatic rings. The first-order chi connectivity index (χ1) is 17.9. The number of rotatable bonds is 6. The SMILES string of the molecule is COc1cc(C=Nn2c(-c3cc4cc(Cl)ccc4o3)nc3ccccc3c2=O)cc(OC)c1OC(C)=O. The van der Waals surface area contributed by atoms with Crippen molar-refractivity contribution in [3.05, 3.63) is 81.6 Å². The number of methoxy groups -OCH3 is 2. The predicted molar refractivity (Wildman–Crippen MR) is 140 cm³/mol. The van der Waals surface area contributed by atoms with E-state index in [0.717, 1.165) is 5.39 Å². The molecule has 0 aliphatic heterocycles. The molecule has 0 spiro atoms. The highest BCUT2D eigenvalue weighted by molar-refractivity contribution is 6.31. The van der Waals surface area contributed by atoms with Crippen LogP contribution < -0.4 is 19.8 Å². The Balaban J connectivity index is 1.68. The molecule has 9 nitrogen and oxygen atoms in total. The van der Waals surface area contributed by atoms with Crippen molar-refractivity contribution in [2.75, 3.05) is 14.2 Å². The van der Waals surface area contributed by atoms with Crippen LogP contribution in [0, 0.1) is 0 Å². The van der Waals surface area contributed by atoms with Crippen LogP contribution in [-0.4, -0.2) is 36.1 Å². The summed E-state index contributed by atoms with van der Waals surface area (Å²) in [5.74, 6) is 0.688. The molecular formula is C27H20ClN3O6. The van der Waals surface area contributed by atoms with Crippen molar-refractivity contribution in [2.45, 2.75) is 6.92 Å². The molecule has 0 saturated heterocycles. The minimum absolute atomic E-state index is 0.140. The quantitative estimate of drug-likeness (QED) is 0.171. The van der Waals surface area contributed by atoms with Gasteiger partial charge in [0.05, 0.1) is 31.3 Å². The van der Waals surface area contributed by atoms with Gasteiger partial charge in [-0.3, -0.25) is 9.59 Å². The molecule has 0 amide bonds. The van der Waals surface area contributed by atoms with Gasteiger partial charge in [0.25, 0.3) is 5.56 Å². The Kier molecular flexibility index (Phi) is 6.37. The maximum absolute atomic E-state index is 13.5. The van der Waals surface area contributed by atoms with E-state index in [9.17, 15) is 9.59 Å². The lowest BCUT2D eigenvalue weighted by Crippen LogP contribution is -2.20. The van der Waals surface area contributed by atoms with Crippen LogP contribution in [0.2, 0.25) is 5.02 Å². The summed E-state index contributed by atoms with van der Waals surface area (Å²) in [6.45, 7) is 1.28. The molecule has 0 aliphatic carbocycles. The fraction of sp³-hybridized carbons (Fsp3) is 0.111. The van der Waals surface area contributed by atoms with Crippen molar-refractivity contribution < 1.29 is 23.4 Å². The number of fused-ring (bicyclic) bond motifs is 2. The first-order valence-electron chi connectivity index (χ1n) is 11.1. The van der Waals surface area contributed by atoms with E-state index >= 15 is 0 Å². The third-order valence-electron chi connectivity index (χ3n) is 5.50. The fourth-order valence-electron chi connectivity index (χ4n) is 3.86. The van der Waals surface area contributed by atoms with Gasteiger partial charge in [0.2, 0.25) is 11.6 Å². The first kappa shape index (κ1) is 24.1. The number of hydrogen-bond donors (Lipinski definition) is 0. The second-order valence-electron chi connectivity index (χ2n) is 7.96. The van der Waals surface area contributed by atoms with Crippen LogP contribution in [0.4, 0.5) is 0 Å². The molecule has 5 rings (SSSR count). The lowest BCUT2D eigenvalue weighted by atomic mass is 10.2. The standard InChI is InChI=1S/C27H20ClN3O6/c1-15(32)36-25-22(34-2)10-16(11-23(25)35-3)14-29-31-26(30-20-7-5-4-6-19(20)27(31)33)24-13-17-12-18(28)8-9-21(17)37-24/h4-14H,1-3H3. The van der Waals surface area contributed by atoms with Gasteiger partial charge in [0.15, 0.2) is 17.3 Å². The molecule has 37 heavy (non-hydrogen) atoms. The smallest absolute Gasteiger partial charge is 0.308 e. The number of carbonyl (C=O) groups excluding carboxylic acids is 1. The zero-order valence-electron chi connectivity index (χ0n) is 20.0. The van der Waals surface area contributed by atoms with E-state index in [1.54, 1.807) is 60.7 Å². The Morgan fingerprint density at radius 2 is 1.78 bits per heavy atom. The number of halogens is 1. The lowest BCUT2D eigenvalue weighted by Gasteiger charge is -2.13. The summed E-state index contributed by atoms with van der Waals surface area (Å²) in [5.41, 5.74) is 1.23. The normalized spacial score (nSPS) is 11.4. The molecule has 0 aliphatic rings. The highest BCUT2D eigenvalue weighted by Crippen LogP contribution is 2.38. The third-order valence-corrected chi connectivity index (χ3v) is 5.74. The van der Waals surface area contributed by atoms with Crippen molar-refractivity contribution in [3.8, 4) is 28.8 Å². The fourth-order valence-corrected chi connectivity index (χ4v) is 4.04. The molecule has 0 atom stereocenters. The number of carbonyl (C=O) groups is 1. The number of ether oxygens (including phenoxy) is 3. The Bertz CT molecular complexity index is 1730. The molecule has 0 bridgehead atoms. The van der Waals surface area contributed by atoms with Gasteiger partial charge in [0.1, 0.15) is 5.58 Å². The highest BCUT2D eigenvalue weighted by Gasteiger charge is 2.18. The molecule has 0 unspecified atom stereocenters. The van der Waals surface area contributed by atoms with Crippen molar-refractivity contribution in [2.24, 2.45) is 5.10 Å². The summed E-state index contributed by atoms with van der Waals surface area (Å²) in [7, 11) is 2.87. The van der Waals surface area contributed by atoms with Crippen LogP contribution in [0.1, 0.15) is 12.5 Å². The van der Waals surface area contributed by atoms with Gasteiger partial charge < -0.3 is 18.6 Å². The monoisotopic (exact) mass is 517 g/mol. The maximum atomic E-state index is 13.5. The summed E-state index contributed by atoms with van der Waals surface area (Å²) >= 11 is 6.13. The van der Waals surface area contributed by atoms with Crippen LogP contribution in [0.5, 0.6) is 17.2 Å². The van der Waals surface area contributed by atoms with E-state index in [4.69, 9.17) is 30.2 Å². The molecule has 186 valence electrons. The maximum Gasteiger partial charge on any atom is 0.308 e. The highest BCUT2D eigenvalue weighted by atomic mass is 35.5. The van der Waals surface area contributed by atoms with Gasteiger partial charge in [-0.05, 0) is 48.5 Å². The van der Waals surface area contributed by atoms with E-state index in [1.807, 2.05) is 0 Å². The molecule has 10 heteroatoms. The summed E-state index contributed by atoms with van der Waals surface area (Å²) in [6.07, 6.45) is 1.45.